The van der Waals surface area contributed by atoms with Gasteiger partial charge in [-0.05, 0) is 60.2 Å². The molecule has 2 aliphatic rings. The molecule has 21 heavy (non-hydrogen) atoms. The summed E-state index contributed by atoms with van der Waals surface area (Å²) in [5.74, 6) is 0. The molecule has 2 fully saturated rings. The number of rotatable bonds is 5. The van der Waals surface area contributed by atoms with E-state index in [0.29, 0.717) is 5.41 Å². The fraction of sp³-hybridized carbons (Fsp3) is 0.562. The molecule has 1 atom stereocenters. The second kappa shape index (κ2) is 5.80. The monoisotopic (exact) mass is 319 g/mol. The summed E-state index contributed by atoms with van der Waals surface area (Å²) in [6.07, 6.45) is 5.99. The molecule has 0 amide bonds. The van der Waals surface area contributed by atoms with Crippen molar-refractivity contribution in [1.82, 2.24) is 15.2 Å². The third kappa shape index (κ3) is 2.93. The van der Waals surface area contributed by atoms with Gasteiger partial charge in [-0.3, -0.25) is 4.90 Å². The van der Waals surface area contributed by atoms with E-state index in [9.17, 15) is 0 Å². The SMILES string of the molecule is c1csc(CN(Cc2ccsc2)C2CC23CCNCC3)n1. The summed E-state index contributed by atoms with van der Waals surface area (Å²) >= 11 is 3.58. The molecule has 2 aromatic rings. The quantitative estimate of drug-likeness (QED) is 0.916. The Hall–Kier alpha value is -0.750. The van der Waals surface area contributed by atoms with Crippen molar-refractivity contribution in [3.63, 3.8) is 0 Å². The first-order chi connectivity index (χ1) is 10.4. The molecule has 1 saturated carbocycles. The highest BCUT2D eigenvalue weighted by Gasteiger charge is 2.56. The van der Waals surface area contributed by atoms with Crippen LogP contribution in [-0.2, 0) is 13.1 Å². The van der Waals surface area contributed by atoms with Gasteiger partial charge in [0.25, 0.3) is 0 Å². The standard InChI is InChI=1S/C16H21N3S2/c1-7-20-12-13(1)10-19(11-15-18-6-8-21-15)14-9-16(14)2-4-17-5-3-16/h1,6-8,12,14,17H,2-5,9-11H2. The Kier molecular flexibility index (Phi) is 3.83. The van der Waals surface area contributed by atoms with Crippen LogP contribution in [0.4, 0.5) is 0 Å². The first kappa shape index (κ1) is 13.9. The number of piperidine rings is 1. The Balaban J connectivity index is 1.50. The average molecular weight is 319 g/mol. The van der Waals surface area contributed by atoms with Crippen LogP contribution in [0.25, 0.3) is 0 Å². The van der Waals surface area contributed by atoms with Crippen molar-refractivity contribution < 1.29 is 0 Å². The fourth-order valence-electron chi connectivity index (χ4n) is 3.70. The molecule has 1 aliphatic carbocycles. The van der Waals surface area contributed by atoms with Gasteiger partial charge >= 0.3 is 0 Å². The molecule has 2 aromatic heterocycles. The van der Waals surface area contributed by atoms with E-state index in [4.69, 9.17) is 0 Å². The lowest BCUT2D eigenvalue weighted by Crippen LogP contribution is -2.35. The summed E-state index contributed by atoms with van der Waals surface area (Å²) < 4.78 is 0. The maximum atomic E-state index is 4.50. The highest BCUT2D eigenvalue weighted by molar-refractivity contribution is 7.09. The number of thiophene rings is 1. The van der Waals surface area contributed by atoms with Gasteiger partial charge in [-0.1, -0.05) is 0 Å². The van der Waals surface area contributed by atoms with Crippen molar-refractivity contribution in [2.75, 3.05) is 13.1 Å². The molecule has 1 saturated heterocycles. The summed E-state index contributed by atoms with van der Waals surface area (Å²) in [6.45, 7) is 4.47. The number of hydrogen-bond donors (Lipinski definition) is 1. The van der Waals surface area contributed by atoms with Gasteiger partial charge < -0.3 is 5.32 Å². The Morgan fingerprint density at radius 2 is 2.19 bits per heavy atom. The molecular formula is C16H21N3S2. The van der Waals surface area contributed by atoms with E-state index in [-0.39, 0.29) is 0 Å². The summed E-state index contributed by atoms with van der Waals surface area (Å²) in [5, 5.41) is 11.3. The minimum absolute atomic E-state index is 0.596. The van der Waals surface area contributed by atoms with E-state index in [1.165, 1.54) is 42.9 Å². The average Bonchev–Trinajstić information content (AvgIpc) is 2.96. The van der Waals surface area contributed by atoms with Crippen LogP contribution in [0.1, 0.15) is 29.8 Å². The van der Waals surface area contributed by atoms with Gasteiger partial charge in [0, 0.05) is 24.2 Å². The van der Waals surface area contributed by atoms with Crippen molar-refractivity contribution in [3.05, 3.63) is 39.0 Å². The Bertz CT molecular complexity index is 522. The van der Waals surface area contributed by atoms with E-state index < -0.39 is 0 Å². The summed E-state index contributed by atoms with van der Waals surface area (Å²) in [7, 11) is 0. The molecule has 1 N–H and O–H groups in total. The van der Waals surface area contributed by atoms with Crippen LogP contribution in [0.2, 0.25) is 0 Å². The number of nitrogens with zero attached hydrogens (tertiary/aromatic N) is 2. The smallest absolute Gasteiger partial charge is 0.107 e. The molecule has 0 aromatic carbocycles. The molecule has 0 bridgehead atoms. The second-order valence-corrected chi connectivity index (χ2v) is 8.05. The normalized spacial score (nSPS) is 23.8. The van der Waals surface area contributed by atoms with Crippen LogP contribution >= 0.6 is 22.7 Å². The van der Waals surface area contributed by atoms with Crippen molar-refractivity contribution in [2.45, 2.75) is 38.4 Å². The predicted molar refractivity (Wildman–Crippen MR) is 88.6 cm³/mol. The van der Waals surface area contributed by atoms with Gasteiger partial charge in [0.2, 0.25) is 0 Å². The minimum atomic E-state index is 0.596. The van der Waals surface area contributed by atoms with Crippen molar-refractivity contribution in [1.29, 1.82) is 0 Å². The zero-order chi connectivity index (χ0) is 14.1. The fourth-order valence-corrected chi connectivity index (χ4v) is 5.00. The number of hydrogen-bond acceptors (Lipinski definition) is 5. The molecule has 0 radical (unpaired) electrons. The van der Waals surface area contributed by atoms with Gasteiger partial charge in [-0.25, -0.2) is 4.98 Å². The Labute approximate surface area is 134 Å². The third-order valence-corrected chi connectivity index (χ3v) is 6.47. The molecule has 3 nitrogen and oxygen atoms in total. The number of thiazole rings is 1. The van der Waals surface area contributed by atoms with Crippen LogP contribution in [0.5, 0.6) is 0 Å². The van der Waals surface area contributed by atoms with Gasteiger partial charge in [-0.15, -0.1) is 11.3 Å². The lowest BCUT2D eigenvalue weighted by Gasteiger charge is -2.29. The second-order valence-electron chi connectivity index (χ2n) is 6.29. The van der Waals surface area contributed by atoms with Crippen molar-refractivity contribution >= 4 is 22.7 Å². The zero-order valence-electron chi connectivity index (χ0n) is 12.1. The molecule has 5 heteroatoms. The lowest BCUT2D eigenvalue weighted by molar-refractivity contribution is 0.188. The maximum absolute atomic E-state index is 4.50. The minimum Gasteiger partial charge on any atom is -0.317 e. The van der Waals surface area contributed by atoms with Crippen LogP contribution in [0, 0.1) is 5.41 Å². The van der Waals surface area contributed by atoms with Gasteiger partial charge in [0.05, 0.1) is 6.54 Å². The van der Waals surface area contributed by atoms with Crippen LogP contribution in [0.15, 0.2) is 28.4 Å². The largest absolute Gasteiger partial charge is 0.317 e. The molecule has 112 valence electrons. The van der Waals surface area contributed by atoms with Crippen molar-refractivity contribution in [2.24, 2.45) is 5.41 Å². The van der Waals surface area contributed by atoms with E-state index in [2.05, 4.69) is 37.4 Å². The van der Waals surface area contributed by atoms with Crippen LogP contribution in [-0.4, -0.2) is 29.0 Å². The van der Waals surface area contributed by atoms with E-state index in [1.807, 2.05) is 6.20 Å². The highest BCUT2D eigenvalue weighted by Crippen LogP contribution is 2.56. The summed E-state index contributed by atoms with van der Waals surface area (Å²) in [4.78, 5) is 7.17. The topological polar surface area (TPSA) is 28.2 Å². The van der Waals surface area contributed by atoms with E-state index in [1.54, 1.807) is 22.7 Å². The van der Waals surface area contributed by atoms with E-state index >= 15 is 0 Å². The lowest BCUT2D eigenvalue weighted by atomic mass is 9.93. The third-order valence-electron chi connectivity index (χ3n) is 4.97. The van der Waals surface area contributed by atoms with Gasteiger partial charge in [0.15, 0.2) is 0 Å². The Morgan fingerprint density at radius 1 is 1.29 bits per heavy atom. The maximum Gasteiger partial charge on any atom is 0.107 e. The molecule has 3 heterocycles. The summed E-state index contributed by atoms with van der Waals surface area (Å²) in [6, 6.07) is 3.01. The number of nitrogens with one attached hydrogen (secondary N) is 1. The molecule has 4 rings (SSSR count). The van der Waals surface area contributed by atoms with Gasteiger partial charge in [-0.2, -0.15) is 11.3 Å². The first-order valence-corrected chi connectivity index (χ1v) is 9.52. The first-order valence-electron chi connectivity index (χ1n) is 7.70. The highest BCUT2D eigenvalue weighted by atomic mass is 32.1. The van der Waals surface area contributed by atoms with Crippen LogP contribution in [0.3, 0.4) is 0 Å². The molecule has 1 unspecified atom stereocenters. The zero-order valence-corrected chi connectivity index (χ0v) is 13.8. The molecule has 1 aliphatic heterocycles. The number of aromatic nitrogens is 1. The van der Waals surface area contributed by atoms with Crippen molar-refractivity contribution in [3.8, 4) is 0 Å². The van der Waals surface area contributed by atoms with E-state index in [0.717, 1.165) is 19.1 Å². The van der Waals surface area contributed by atoms with Crippen LogP contribution < -0.4 is 5.32 Å². The summed E-state index contributed by atoms with van der Waals surface area (Å²) in [5.41, 5.74) is 2.05. The molecule has 1 spiro atoms. The molecular weight excluding hydrogens is 298 g/mol. The van der Waals surface area contributed by atoms with Gasteiger partial charge in [0.1, 0.15) is 5.01 Å². The Morgan fingerprint density at radius 3 is 2.90 bits per heavy atom. The predicted octanol–water partition coefficient (Wildman–Crippen LogP) is 3.35.